The number of rotatable bonds is 4. The molecule has 18 heavy (non-hydrogen) atoms. The number of halogens is 1. The minimum Gasteiger partial charge on any atom is -0.328 e. The molecular formula is C16H18ClN. The third kappa shape index (κ3) is 3.59. The van der Waals surface area contributed by atoms with Crippen LogP contribution in [0.15, 0.2) is 48.5 Å². The molecule has 0 amide bonds. The zero-order valence-electron chi connectivity index (χ0n) is 10.6. The third-order valence-corrected chi connectivity index (χ3v) is 3.27. The van der Waals surface area contributed by atoms with Crippen molar-refractivity contribution in [3.63, 3.8) is 0 Å². The number of benzene rings is 2. The Bertz CT molecular complexity index is 486. The quantitative estimate of drug-likeness (QED) is 0.871. The number of hydrogen-bond donors (Lipinski definition) is 1. The monoisotopic (exact) mass is 259 g/mol. The molecule has 0 radical (unpaired) electrons. The van der Waals surface area contributed by atoms with Gasteiger partial charge < -0.3 is 5.73 Å². The molecule has 0 bridgehead atoms. The first-order valence-electron chi connectivity index (χ1n) is 6.25. The summed E-state index contributed by atoms with van der Waals surface area (Å²) in [6.45, 7) is 2.04. The lowest BCUT2D eigenvalue weighted by Gasteiger charge is -2.06. The van der Waals surface area contributed by atoms with Gasteiger partial charge in [-0.1, -0.05) is 48.0 Å². The van der Waals surface area contributed by atoms with E-state index in [0.717, 1.165) is 17.9 Å². The number of aryl methyl sites for hydroxylation is 1. The highest BCUT2D eigenvalue weighted by Gasteiger charge is 2.00. The van der Waals surface area contributed by atoms with E-state index >= 15 is 0 Å². The molecule has 1 unspecified atom stereocenters. The van der Waals surface area contributed by atoms with E-state index in [2.05, 4.69) is 24.3 Å². The minimum absolute atomic E-state index is 0.265. The van der Waals surface area contributed by atoms with Crippen LogP contribution < -0.4 is 5.73 Å². The van der Waals surface area contributed by atoms with Crippen LogP contribution in [0.1, 0.15) is 18.9 Å². The summed E-state index contributed by atoms with van der Waals surface area (Å²) in [6, 6.07) is 16.8. The number of hydrogen-bond acceptors (Lipinski definition) is 1. The molecule has 94 valence electrons. The van der Waals surface area contributed by atoms with Crippen molar-refractivity contribution in [3.8, 4) is 11.1 Å². The topological polar surface area (TPSA) is 26.0 Å². The summed E-state index contributed by atoms with van der Waals surface area (Å²) in [6.07, 6.45) is 2.07. The van der Waals surface area contributed by atoms with Crippen molar-refractivity contribution in [1.29, 1.82) is 0 Å². The smallest absolute Gasteiger partial charge is 0.0406 e. The molecular weight excluding hydrogens is 242 g/mol. The van der Waals surface area contributed by atoms with Crippen LogP contribution in [-0.2, 0) is 6.42 Å². The fourth-order valence-corrected chi connectivity index (χ4v) is 2.03. The Morgan fingerprint density at radius 1 is 0.944 bits per heavy atom. The van der Waals surface area contributed by atoms with Crippen LogP contribution in [0.3, 0.4) is 0 Å². The molecule has 2 aromatic rings. The lowest BCUT2D eigenvalue weighted by molar-refractivity contribution is 0.666. The van der Waals surface area contributed by atoms with E-state index in [-0.39, 0.29) is 6.04 Å². The van der Waals surface area contributed by atoms with Crippen molar-refractivity contribution in [3.05, 3.63) is 59.1 Å². The maximum atomic E-state index is 5.88. The second kappa shape index (κ2) is 6.03. The Kier molecular flexibility index (Phi) is 4.40. The van der Waals surface area contributed by atoms with Gasteiger partial charge in [-0.05, 0) is 48.6 Å². The van der Waals surface area contributed by atoms with E-state index < -0.39 is 0 Å². The average molecular weight is 260 g/mol. The molecule has 0 heterocycles. The second-order valence-corrected chi connectivity index (χ2v) is 5.16. The highest BCUT2D eigenvalue weighted by atomic mass is 35.5. The van der Waals surface area contributed by atoms with Crippen molar-refractivity contribution in [2.45, 2.75) is 25.8 Å². The van der Waals surface area contributed by atoms with Crippen LogP contribution in [0.2, 0.25) is 5.02 Å². The van der Waals surface area contributed by atoms with Gasteiger partial charge in [0.05, 0.1) is 0 Å². The molecule has 0 saturated heterocycles. The van der Waals surface area contributed by atoms with Gasteiger partial charge in [0, 0.05) is 11.1 Å². The van der Waals surface area contributed by atoms with Crippen LogP contribution >= 0.6 is 11.6 Å². The lowest BCUT2D eigenvalue weighted by atomic mass is 10.0. The molecule has 2 heteroatoms. The molecule has 0 aliphatic rings. The summed E-state index contributed by atoms with van der Waals surface area (Å²) in [5, 5.41) is 0.771. The second-order valence-electron chi connectivity index (χ2n) is 4.72. The van der Waals surface area contributed by atoms with Gasteiger partial charge in [-0.25, -0.2) is 0 Å². The number of nitrogens with two attached hydrogens (primary N) is 1. The molecule has 1 atom stereocenters. The predicted molar refractivity (Wildman–Crippen MR) is 78.9 cm³/mol. The highest BCUT2D eigenvalue weighted by Crippen LogP contribution is 2.22. The van der Waals surface area contributed by atoms with Crippen LogP contribution in [0.4, 0.5) is 0 Å². The molecule has 0 aliphatic heterocycles. The molecule has 2 N–H and O–H groups in total. The van der Waals surface area contributed by atoms with Crippen LogP contribution in [0.25, 0.3) is 11.1 Å². The Labute approximate surface area is 114 Å². The van der Waals surface area contributed by atoms with Gasteiger partial charge in [-0.15, -0.1) is 0 Å². The first-order chi connectivity index (χ1) is 8.65. The predicted octanol–water partition coefficient (Wildman–Crippen LogP) is 4.29. The first kappa shape index (κ1) is 13.1. The summed E-state index contributed by atoms with van der Waals surface area (Å²) >= 11 is 5.88. The average Bonchev–Trinajstić information content (AvgIpc) is 2.38. The van der Waals surface area contributed by atoms with E-state index in [9.17, 15) is 0 Å². The Morgan fingerprint density at radius 2 is 1.44 bits per heavy atom. The van der Waals surface area contributed by atoms with Crippen molar-refractivity contribution in [2.24, 2.45) is 5.73 Å². The van der Waals surface area contributed by atoms with Crippen LogP contribution in [0, 0.1) is 0 Å². The fraction of sp³-hybridized carbons (Fsp3) is 0.250. The van der Waals surface area contributed by atoms with Gasteiger partial charge in [0.25, 0.3) is 0 Å². The van der Waals surface area contributed by atoms with E-state index in [0.29, 0.717) is 0 Å². The SMILES string of the molecule is CC(N)CCc1ccc(-c2ccc(Cl)cc2)cc1. The minimum atomic E-state index is 0.265. The molecule has 0 aromatic heterocycles. The molecule has 0 saturated carbocycles. The standard InChI is InChI=1S/C16H18ClN/c1-12(18)2-3-13-4-6-14(7-5-13)15-8-10-16(17)11-9-15/h4-12H,2-3,18H2,1H3. The third-order valence-electron chi connectivity index (χ3n) is 3.02. The van der Waals surface area contributed by atoms with Gasteiger partial charge >= 0.3 is 0 Å². The maximum Gasteiger partial charge on any atom is 0.0406 e. The Morgan fingerprint density at radius 3 is 1.94 bits per heavy atom. The van der Waals surface area contributed by atoms with Crippen LogP contribution in [0.5, 0.6) is 0 Å². The van der Waals surface area contributed by atoms with Crippen molar-refractivity contribution in [2.75, 3.05) is 0 Å². The molecule has 2 rings (SSSR count). The lowest BCUT2D eigenvalue weighted by Crippen LogP contribution is -2.15. The summed E-state index contributed by atoms with van der Waals surface area (Å²) in [5.74, 6) is 0. The van der Waals surface area contributed by atoms with Gasteiger partial charge in [-0.2, -0.15) is 0 Å². The van der Waals surface area contributed by atoms with Crippen molar-refractivity contribution >= 4 is 11.6 Å². The Balaban J connectivity index is 2.09. The van der Waals surface area contributed by atoms with E-state index in [4.69, 9.17) is 17.3 Å². The van der Waals surface area contributed by atoms with Crippen molar-refractivity contribution < 1.29 is 0 Å². The van der Waals surface area contributed by atoms with Gasteiger partial charge in [0.15, 0.2) is 0 Å². The zero-order chi connectivity index (χ0) is 13.0. The molecule has 2 aromatic carbocycles. The van der Waals surface area contributed by atoms with E-state index in [1.165, 1.54) is 16.7 Å². The summed E-state index contributed by atoms with van der Waals surface area (Å²) in [4.78, 5) is 0. The van der Waals surface area contributed by atoms with Gasteiger partial charge in [0.1, 0.15) is 0 Å². The largest absolute Gasteiger partial charge is 0.328 e. The summed E-state index contributed by atoms with van der Waals surface area (Å²) < 4.78 is 0. The van der Waals surface area contributed by atoms with Crippen LogP contribution in [-0.4, -0.2) is 6.04 Å². The van der Waals surface area contributed by atoms with E-state index in [1.807, 2.05) is 31.2 Å². The van der Waals surface area contributed by atoms with Gasteiger partial charge in [-0.3, -0.25) is 0 Å². The summed E-state index contributed by atoms with van der Waals surface area (Å²) in [5.41, 5.74) is 9.51. The fourth-order valence-electron chi connectivity index (χ4n) is 1.90. The first-order valence-corrected chi connectivity index (χ1v) is 6.63. The van der Waals surface area contributed by atoms with Gasteiger partial charge in [0.2, 0.25) is 0 Å². The Hall–Kier alpha value is -1.31. The maximum absolute atomic E-state index is 5.88. The summed E-state index contributed by atoms with van der Waals surface area (Å²) in [7, 11) is 0. The molecule has 0 spiro atoms. The highest BCUT2D eigenvalue weighted by molar-refractivity contribution is 6.30. The molecule has 1 nitrogen and oxygen atoms in total. The molecule has 0 aliphatic carbocycles. The molecule has 0 fully saturated rings. The zero-order valence-corrected chi connectivity index (χ0v) is 11.3. The van der Waals surface area contributed by atoms with Crippen molar-refractivity contribution in [1.82, 2.24) is 0 Å². The normalized spacial score (nSPS) is 12.4. The van der Waals surface area contributed by atoms with E-state index in [1.54, 1.807) is 0 Å².